The summed E-state index contributed by atoms with van der Waals surface area (Å²) in [7, 11) is 0. The molecule has 4 rings (SSSR count). The average Bonchev–Trinajstić information content (AvgIpc) is 3.29. The van der Waals surface area contributed by atoms with Crippen LogP contribution in [0.1, 0.15) is 45.3 Å². The van der Waals surface area contributed by atoms with Crippen LogP contribution in [0.25, 0.3) is 16.7 Å². The highest BCUT2D eigenvalue weighted by Gasteiger charge is 2.21. The van der Waals surface area contributed by atoms with Gasteiger partial charge in [-0.25, -0.2) is 19.4 Å². The minimum atomic E-state index is -0.447. The Labute approximate surface area is 182 Å². The van der Waals surface area contributed by atoms with Gasteiger partial charge < -0.3 is 4.74 Å². The zero-order chi connectivity index (χ0) is 22.1. The molecular formula is C22H21N5O3S. The van der Waals surface area contributed by atoms with Crippen molar-refractivity contribution < 1.29 is 14.3 Å². The Morgan fingerprint density at radius 3 is 2.65 bits per heavy atom. The largest absolute Gasteiger partial charge is 0.459 e. The van der Waals surface area contributed by atoms with E-state index in [4.69, 9.17) is 4.74 Å². The minimum absolute atomic E-state index is 0.232. The summed E-state index contributed by atoms with van der Waals surface area (Å²) in [5.74, 6) is -0.182. The fraction of sp³-hybridized carbons (Fsp3) is 0.227. The second-order valence-electron chi connectivity index (χ2n) is 7.26. The molecule has 31 heavy (non-hydrogen) atoms. The number of nitrogens with zero attached hydrogens (tertiary/aromatic N) is 4. The monoisotopic (exact) mass is 435 g/mol. The lowest BCUT2D eigenvalue weighted by Crippen LogP contribution is -2.13. The number of amides is 1. The van der Waals surface area contributed by atoms with Crippen molar-refractivity contribution >= 4 is 39.2 Å². The predicted molar refractivity (Wildman–Crippen MR) is 119 cm³/mol. The molecule has 0 atom stereocenters. The summed E-state index contributed by atoms with van der Waals surface area (Å²) in [6.45, 7) is 7.07. The number of rotatable bonds is 5. The molecule has 4 aromatic rings. The van der Waals surface area contributed by atoms with Crippen LogP contribution in [0, 0.1) is 13.8 Å². The molecule has 0 aliphatic carbocycles. The lowest BCUT2D eigenvalue weighted by atomic mass is 10.2. The molecule has 1 amide bonds. The second kappa shape index (κ2) is 8.27. The van der Waals surface area contributed by atoms with Crippen LogP contribution in [0.2, 0.25) is 0 Å². The number of pyridine rings is 1. The van der Waals surface area contributed by atoms with Crippen LogP contribution in [0.5, 0.6) is 0 Å². The van der Waals surface area contributed by atoms with Gasteiger partial charge in [0.1, 0.15) is 4.88 Å². The van der Waals surface area contributed by atoms with Gasteiger partial charge in [0.25, 0.3) is 5.91 Å². The molecule has 3 aromatic heterocycles. The average molecular weight is 436 g/mol. The molecule has 0 saturated heterocycles. The van der Waals surface area contributed by atoms with Crippen molar-refractivity contribution in [2.75, 3.05) is 5.32 Å². The number of hydrogen-bond acceptors (Lipinski definition) is 7. The molecule has 0 fully saturated rings. The van der Waals surface area contributed by atoms with Crippen molar-refractivity contribution in [1.82, 2.24) is 19.7 Å². The Kier molecular flexibility index (Phi) is 5.51. The van der Waals surface area contributed by atoms with Crippen molar-refractivity contribution in [2.24, 2.45) is 0 Å². The zero-order valence-corrected chi connectivity index (χ0v) is 18.4. The Balaban J connectivity index is 1.56. The molecule has 0 saturated carbocycles. The van der Waals surface area contributed by atoms with Crippen molar-refractivity contribution in [3.63, 3.8) is 0 Å². The van der Waals surface area contributed by atoms with Crippen molar-refractivity contribution in [3.8, 4) is 5.82 Å². The summed E-state index contributed by atoms with van der Waals surface area (Å²) >= 11 is 1.09. The van der Waals surface area contributed by atoms with Gasteiger partial charge in [0.05, 0.1) is 34.8 Å². The molecular weight excluding hydrogens is 414 g/mol. The van der Waals surface area contributed by atoms with Gasteiger partial charge in [0.2, 0.25) is 0 Å². The highest BCUT2D eigenvalue weighted by molar-refractivity contribution is 7.17. The molecule has 0 bridgehead atoms. The number of nitrogens with one attached hydrogen (secondary N) is 1. The van der Waals surface area contributed by atoms with Crippen LogP contribution in [-0.2, 0) is 4.74 Å². The Hall–Kier alpha value is -3.59. The van der Waals surface area contributed by atoms with Gasteiger partial charge in [-0.1, -0.05) is 29.5 Å². The summed E-state index contributed by atoms with van der Waals surface area (Å²) in [4.78, 5) is 34.3. The summed E-state index contributed by atoms with van der Waals surface area (Å²) in [5, 5.41) is 8.45. The van der Waals surface area contributed by atoms with Crippen LogP contribution >= 0.6 is 11.3 Å². The number of fused-ring (bicyclic) bond motifs is 1. The SMILES string of the molecule is Cc1nc(NC(=O)c2cnn(-c3ccc4ccccc4n3)c2C)sc1C(=O)OC(C)C. The number of aromatic nitrogens is 4. The third-order valence-electron chi connectivity index (χ3n) is 4.60. The van der Waals surface area contributed by atoms with E-state index < -0.39 is 5.97 Å². The van der Waals surface area contributed by atoms with Gasteiger partial charge in [-0.2, -0.15) is 5.10 Å². The first-order valence-corrected chi connectivity index (χ1v) is 10.6. The number of esters is 1. The fourth-order valence-electron chi connectivity index (χ4n) is 3.11. The van der Waals surface area contributed by atoms with Crippen LogP contribution in [-0.4, -0.2) is 37.7 Å². The number of carbonyl (C=O) groups excluding carboxylic acids is 2. The number of aryl methyl sites for hydroxylation is 1. The number of benzene rings is 1. The van der Waals surface area contributed by atoms with Crippen LogP contribution < -0.4 is 5.32 Å². The third-order valence-corrected chi connectivity index (χ3v) is 5.65. The van der Waals surface area contributed by atoms with E-state index in [-0.39, 0.29) is 12.0 Å². The fourth-order valence-corrected chi connectivity index (χ4v) is 3.95. The number of para-hydroxylation sites is 1. The van der Waals surface area contributed by atoms with E-state index in [1.165, 1.54) is 6.20 Å². The Morgan fingerprint density at radius 2 is 1.87 bits per heavy atom. The van der Waals surface area contributed by atoms with E-state index in [0.717, 1.165) is 22.2 Å². The Bertz CT molecular complexity index is 1290. The molecule has 0 unspecified atom stereocenters. The lowest BCUT2D eigenvalue weighted by Gasteiger charge is -2.06. The molecule has 1 N–H and O–H groups in total. The Morgan fingerprint density at radius 1 is 1.10 bits per heavy atom. The second-order valence-corrected chi connectivity index (χ2v) is 8.26. The number of thiazole rings is 1. The van der Waals surface area contributed by atoms with E-state index >= 15 is 0 Å². The maximum Gasteiger partial charge on any atom is 0.350 e. The van der Waals surface area contributed by atoms with E-state index in [2.05, 4.69) is 20.4 Å². The minimum Gasteiger partial charge on any atom is -0.459 e. The van der Waals surface area contributed by atoms with E-state index in [1.807, 2.05) is 36.4 Å². The van der Waals surface area contributed by atoms with Crippen molar-refractivity contribution in [2.45, 2.75) is 33.8 Å². The van der Waals surface area contributed by atoms with Gasteiger partial charge in [0.15, 0.2) is 10.9 Å². The van der Waals surface area contributed by atoms with Gasteiger partial charge in [-0.3, -0.25) is 10.1 Å². The summed E-state index contributed by atoms with van der Waals surface area (Å²) < 4.78 is 6.85. The van der Waals surface area contributed by atoms with E-state index in [0.29, 0.717) is 32.8 Å². The molecule has 0 aliphatic rings. The van der Waals surface area contributed by atoms with Crippen LogP contribution in [0.15, 0.2) is 42.6 Å². The number of anilines is 1. The first kappa shape index (κ1) is 20.7. The molecule has 0 spiro atoms. The summed E-state index contributed by atoms with van der Waals surface area (Å²) in [6.07, 6.45) is 1.26. The number of carbonyl (C=O) groups is 2. The standard InChI is InChI=1S/C22H21N5O3S/c1-12(2)30-21(29)19-13(3)24-22(31-19)26-20(28)16-11-23-27(14(16)4)18-10-9-15-7-5-6-8-17(15)25-18/h5-12H,1-4H3,(H,24,26,28). The van der Waals surface area contributed by atoms with Crippen LogP contribution in [0.3, 0.4) is 0 Å². The van der Waals surface area contributed by atoms with E-state index in [9.17, 15) is 9.59 Å². The normalized spacial score (nSPS) is 11.1. The maximum absolute atomic E-state index is 12.8. The molecule has 0 aliphatic heterocycles. The van der Waals surface area contributed by atoms with Crippen molar-refractivity contribution in [3.05, 3.63) is 64.4 Å². The lowest BCUT2D eigenvalue weighted by molar-refractivity contribution is 0.0382. The van der Waals surface area contributed by atoms with Crippen LogP contribution in [0.4, 0.5) is 5.13 Å². The molecule has 3 heterocycles. The number of ether oxygens (including phenoxy) is 1. The van der Waals surface area contributed by atoms with Gasteiger partial charge in [-0.15, -0.1) is 0 Å². The molecule has 8 nitrogen and oxygen atoms in total. The molecule has 1 aromatic carbocycles. The maximum atomic E-state index is 12.8. The molecule has 9 heteroatoms. The zero-order valence-electron chi connectivity index (χ0n) is 17.5. The highest BCUT2D eigenvalue weighted by Crippen LogP contribution is 2.25. The summed E-state index contributed by atoms with van der Waals surface area (Å²) in [6, 6.07) is 11.6. The molecule has 0 radical (unpaired) electrons. The van der Waals surface area contributed by atoms with Crippen molar-refractivity contribution in [1.29, 1.82) is 0 Å². The van der Waals surface area contributed by atoms with E-state index in [1.54, 1.807) is 32.4 Å². The first-order chi connectivity index (χ1) is 14.8. The number of hydrogen-bond donors (Lipinski definition) is 1. The predicted octanol–water partition coefficient (Wildman–Crippen LogP) is 4.31. The third kappa shape index (κ3) is 4.17. The van der Waals surface area contributed by atoms with Gasteiger partial charge in [0, 0.05) is 5.39 Å². The molecule has 158 valence electrons. The smallest absolute Gasteiger partial charge is 0.350 e. The van der Waals surface area contributed by atoms with Gasteiger partial charge >= 0.3 is 5.97 Å². The summed E-state index contributed by atoms with van der Waals surface area (Å²) in [5.41, 5.74) is 2.40. The quantitative estimate of drug-likeness (QED) is 0.469. The first-order valence-electron chi connectivity index (χ1n) is 9.74. The van der Waals surface area contributed by atoms with Gasteiger partial charge in [-0.05, 0) is 45.9 Å². The topological polar surface area (TPSA) is 99.0 Å². The highest BCUT2D eigenvalue weighted by atomic mass is 32.1.